The predicted molar refractivity (Wildman–Crippen MR) is 110 cm³/mol. The summed E-state index contributed by atoms with van der Waals surface area (Å²) in [6.07, 6.45) is -0.290. The van der Waals surface area contributed by atoms with Gasteiger partial charge < -0.3 is 18.9 Å². The molecule has 9 heteroatoms. The zero-order valence-electron chi connectivity index (χ0n) is 19.5. The van der Waals surface area contributed by atoms with E-state index in [1.807, 2.05) is 0 Å². The lowest BCUT2D eigenvalue weighted by molar-refractivity contribution is -0.146. The maximum absolute atomic E-state index is 12.7. The molecule has 0 rings (SSSR count). The number of hydrogen-bond donors (Lipinski definition) is 0. The fraction of sp³-hybridized carbons (Fsp3) is 0.714. The van der Waals surface area contributed by atoms with E-state index in [9.17, 15) is 19.2 Å². The smallest absolute Gasteiger partial charge is 0.420 e. The molecule has 0 radical (unpaired) electrons. The second-order valence-electron chi connectivity index (χ2n) is 8.55. The third-order valence-electron chi connectivity index (χ3n) is 3.45. The van der Waals surface area contributed by atoms with Gasteiger partial charge in [0.25, 0.3) is 0 Å². The van der Waals surface area contributed by atoms with Crippen molar-refractivity contribution in [2.45, 2.75) is 85.5 Å². The lowest BCUT2D eigenvalue weighted by Gasteiger charge is -2.32. The summed E-state index contributed by atoms with van der Waals surface area (Å²) in [6, 6.07) is -1.30. The number of amides is 2. The standard InChI is InChI=1S/C21H35NO8/c1-10-28-16(23)14(2)12-11-13-15(17(24)27-9)22(18(25)29-20(3,4)5)19(26)30-21(6,7)8/h12,15H,10-11,13H2,1-9H3/t15-/m1/s1. The summed E-state index contributed by atoms with van der Waals surface area (Å²) in [7, 11) is 1.15. The molecule has 0 aliphatic heterocycles. The van der Waals surface area contributed by atoms with E-state index in [0.29, 0.717) is 10.5 Å². The van der Waals surface area contributed by atoms with Crippen LogP contribution in [-0.4, -0.2) is 60.0 Å². The van der Waals surface area contributed by atoms with Gasteiger partial charge in [0.1, 0.15) is 17.2 Å². The molecule has 0 fully saturated rings. The van der Waals surface area contributed by atoms with Crippen LogP contribution in [0.25, 0.3) is 0 Å². The zero-order chi connectivity index (χ0) is 23.7. The molecule has 0 heterocycles. The van der Waals surface area contributed by atoms with Crippen LogP contribution in [-0.2, 0) is 28.5 Å². The van der Waals surface area contributed by atoms with Crippen LogP contribution in [0.15, 0.2) is 11.6 Å². The summed E-state index contributed by atoms with van der Waals surface area (Å²) in [6.45, 7) is 13.3. The van der Waals surface area contributed by atoms with Crippen LogP contribution in [0.3, 0.4) is 0 Å². The van der Waals surface area contributed by atoms with E-state index in [4.69, 9.17) is 18.9 Å². The molecule has 0 aromatic carbocycles. The molecule has 0 saturated carbocycles. The molecule has 0 saturated heterocycles. The lowest BCUT2D eigenvalue weighted by Crippen LogP contribution is -2.52. The monoisotopic (exact) mass is 429 g/mol. The highest BCUT2D eigenvalue weighted by molar-refractivity contribution is 5.94. The number of methoxy groups -OCH3 is 1. The number of carbonyl (C=O) groups is 4. The van der Waals surface area contributed by atoms with Gasteiger partial charge in [0.05, 0.1) is 13.7 Å². The maximum Gasteiger partial charge on any atom is 0.420 e. The van der Waals surface area contributed by atoms with E-state index in [0.717, 1.165) is 7.11 Å². The van der Waals surface area contributed by atoms with Crippen LogP contribution >= 0.6 is 0 Å². The van der Waals surface area contributed by atoms with Gasteiger partial charge >= 0.3 is 24.1 Å². The summed E-state index contributed by atoms with van der Waals surface area (Å²) >= 11 is 0. The van der Waals surface area contributed by atoms with Crippen LogP contribution in [0.5, 0.6) is 0 Å². The molecule has 0 unspecified atom stereocenters. The lowest BCUT2D eigenvalue weighted by atomic mass is 10.1. The highest BCUT2D eigenvalue weighted by Gasteiger charge is 2.40. The Bertz CT molecular complexity index is 627. The van der Waals surface area contributed by atoms with Crippen LogP contribution in [0, 0.1) is 0 Å². The van der Waals surface area contributed by atoms with Crippen molar-refractivity contribution in [3.8, 4) is 0 Å². The minimum Gasteiger partial charge on any atom is -0.467 e. The molecule has 1 atom stereocenters. The Morgan fingerprint density at radius 1 is 0.933 bits per heavy atom. The van der Waals surface area contributed by atoms with Gasteiger partial charge in [-0.2, -0.15) is 4.90 Å². The fourth-order valence-electron chi connectivity index (χ4n) is 2.23. The van der Waals surface area contributed by atoms with Gasteiger partial charge in [-0.1, -0.05) is 6.08 Å². The Balaban J connectivity index is 5.80. The van der Waals surface area contributed by atoms with Crippen molar-refractivity contribution >= 4 is 24.1 Å². The van der Waals surface area contributed by atoms with Gasteiger partial charge in [-0.25, -0.2) is 19.2 Å². The minimum absolute atomic E-state index is 0.00189. The Kier molecular flexibility index (Phi) is 10.6. The first-order valence-corrected chi connectivity index (χ1v) is 9.79. The van der Waals surface area contributed by atoms with Crippen molar-refractivity contribution in [3.05, 3.63) is 11.6 Å². The molecule has 0 aliphatic rings. The van der Waals surface area contributed by atoms with Gasteiger partial charge in [-0.15, -0.1) is 0 Å². The molecular formula is C21H35NO8. The van der Waals surface area contributed by atoms with E-state index in [-0.39, 0.29) is 19.4 Å². The van der Waals surface area contributed by atoms with Crippen LogP contribution in [0.1, 0.15) is 68.2 Å². The Labute approximate surface area is 178 Å². The number of carbonyl (C=O) groups excluding carboxylic acids is 4. The van der Waals surface area contributed by atoms with E-state index in [1.165, 1.54) is 0 Å². The quantitative estimate of drug-likeness (QED) is 0.339. The molecule has 0 aromatic heterocycles. The second kappa shape index (κ2) is 11.6. The maximum atomic E-state index is 12.7. The van der Waals surface area contributed by atoms with Gasteiger partial charge in [-0.3, -0.25) is 0 Å². The first kappa shape index (κ1) is 27.4. The van der Waals surface area contributed by atoms with Crippen molar-refractivity contribution in [1.82, 2.24) is 4.90 Å². The second-order valence-corrected chi connectivity index (χ2v) is 8.55. The van der Waals surface area contributed by atoms with Crippen LogP contribution in [0.2, 0.25) is 0 Å². The van der Waals surface area contributed by atoms with Crippen molar-refractivity contribution < 1.29 is 38.1 Å². The third kappa shape index (κ3) is 10.3. The number of imide groups is 1. The first-order chi connectivity index (χ1) is 13.6. The summed E-state index contributed by atoms with van der Waals surface area (Å²) < 4.78 is 20.3. The van der Waals surface area contributed by atoms with E-state index in [2.05, 4.69) is 0 Å². The summed E-state index contributed by atoms with van der Waals surface area (Å²) in [5.41, 5.74) is -1.46. The van der Waals surface area contributed by atoms with Gasteiger partial charge in [-0.05, 0) is 68.2 Å². The van der Waals surface area contributed by atoms with Gasteiger partial charge in [0.2, 0.25) is 0 Å². The molecule has 0 spiro atoms. The van der Waals surface area contributed by atoms with Crippen LogP contribution in [0.4, 0.5) is 9.59 Å². The number of rotatable bonds is 7. The summed E-state index contributed by atoms with van der Waals surface area (Å²) in [5, 5.41) is 0. The zero-order valence-corrected chi connectivity index (χ0v) is 19.5. The third-order valence-corrected chi connectivity index (χ3v) is 3.45. The minimum atomic E-state index is -1.30. The molecule has 0 bridgehead atoms. The number of allylic oxidation sites excluding steroid dienone is 1. The normalized spacial score (nSPS) is 13.2. The Morgan fingerprint density at radius 2 is 1.40 bits per heavy atom. The van der Waals surface area contributed by atoms with Gasteiger partial charge in [0, 0.05) is 5.57 Å². The van der Waals surface area contributed by atoms with Crippen LogP contribution < -0.4 is 0 Å². The average molecular weight is 430 g/mol. The number of esters is 2. The van der Waals surface area contributed by atoms with Crippen molar-refractivity contribution in [2.75, 3.05) is 13.7 Å². The number of hydrogen-bond acceptors (Lipinski definition) is 8. The average Bonchev–Trinajstić information content (AvgIpc) is 2.56. The molecule has 30 heavy (non-hydrogen) atoms. The van der Waals surface area contributed by atoms with Gasteiger partial charge in [0.15, 0.2) is 0 Å². The van der Waals surface area contributed by atoms with E-state index >= 15 is 0 Å². The van der Waals surface area contributed by atoms with E-state index in [1.54, 1.807) is 61.5 Å². The highest BCUT2D eigenvalue weighted by atomic mass is 16.6. The molecule has 2 amide bonds. The fourth-order valence-corrected chi connectivity index (χ4v) is 2.23. The van der Waals surface area contributed by atoms with Crippen molar-refractivity contribution in [3.63, 3.8) is 0 Å². The SMILES string of the molecule is CCOC(=O)C(C)=CCC[C@H](C(=O)OC)N(C(=O)OC(C)(C)C)C(=O)OC(C)(C)C. The van der Waals surface area contributed by atoms with Crippen molar-refractivity contribution in [2.24, 2.45) is 0 Å². The summed E-state index contributed by atoms with van der Waals surface area (Å²) in [5.74, 6) is -1.29. The first-order valence-electron chi connectivity index (χ1n) is 9.79. The predicted octanol–water partition coefficient (Wildman–Crippen LogP) is 3.99. The molecular weight excluding hydrogens is 394 g/mol. The molecule has 9 nitrogen and oxygen atoms in total. The van der Waals surface area contributed by atoms with E-state index < -0.39 is 41.4 Å². The number of nitrogens with zero attached hydrogens (tertiary/aromatic N) is 1. The highest BCUT2D eigenvalue weighted by Crippen LogP contribution is 2.20. The Morgan fingerprint density at radius 3 is 1.77 bits per heavy atom. The summed E-state index contributed by atoms with van der Waals surface area (Å²) in [4.78, 5) is 50.3. The molecule has 172 valence electrons. The van der Waals surface area contributed by atoms with Crippen molar-refractivity contribution in [1.29, 1.82) is 0 Å². The Hall–Kier alpha value is -2.58. The largest absolute Gasteiger partial charge is 0.467 e. The molecule has 0 aliphatic carbocycles. The molecule has 0 N–H and O–H groups in total. The number of ether oxygens (including phenoxy) is 4. The topological polar surface area (TPSA) is 108 Å². The molecule has 0 aromatic rings.